The van der Waals surface area contributed by atoms with Gasteiger partial charge in [-0.15, -0.1) is 0 Å². The fourth-order valence-electron chi connectivity index (χ4n) is 2.69. The van der Waals surface area contributed by atoms with E-state index >= 15 is 0 Å². The molecule has 6 nitrogen and oxygen atoms in total. The largest absolute Gasteiger partial charge is 0.506 e. The normalized spacial score (nSPS) is 10.9. The number of halogens is 1. The van der Waals surface area contributed by atoms with E-state index in [2.05, 4.69) is 25.5 Å². The first-order valence-corrected chi connectivity index (χ1v) is 9.48. The third kappa shape index (κ3) is 5.58. The Morgan fingerprint density at radius 2 is 1.82 bits per heavy atom. The Morgan fingerprint density at radius 3 is 2.57 bits per heavy atom. The summed E-state index contributed by atoms with van der Waals surface area (Å²) < 4.78 is 0. The summed E-state index contributed by atoms with van der Waals surface area (Å²) in [5, 5.41) is 17.0. The Bertz CT molecular complexity index is 918. The van der Waals surface area contributed by atoms with Gasteiger partial charge in [-0.25, -0.2) is 4.98 Å². The van der Waals surface area contributed by atoms with Crippen molar-refractivity contribution in [1.82, 2.24) is 14.9 Å². The first-order valence-electron chi connectivity index (χ1n) is 9.10. The van der Waals surface area contributed by atoms with E-state index < -0.39 is 0 Å². The molecule has 0 amide bonds. The molecule has 0 radical (unpaired) electrons. The first-order chi connectivity index (χ1) is 13.5. The number of hydrogen-bond acceptors (Lipinski definition) is 6. The number of phenolic OH excluding ortho intramolecular Hbond substituents is 1. The number of aromatic hydroxyl groups is 1. The Kier molecular flexibility index (Phi) is 6.68. The van der Waals surface area contributed by atoms with Crippen LogP contribution in [0.3, 0.4) is 0 Å². The second-order valence-electron chi connectivity index (χ2n) is 6.70. The minimum Gasteiger partial charge on any atom is -0.506 e. The minimum absolute atomic E-state index is 0.102. The standard InChI is InChI=1S/C21H24ClN5O/c1-27(2)12-6-11-23-21-25-17(15-7-4-3-5-8-15)14-20(26-21)24-18-13-16(22)9-10-19(18)28/h3-5,7-10,13-14,28H,6,11-12H2,1-2H3,(H2,23,24,25,26). The van der Waals surface area contributed by atoms with Gasteiger partial charge in [0.25, 0.3) is 0 Å². The van der Waals surface area contributed by atoms with Gasteiger partial charge >= 0.3 is 0 Å². The lowest BCUT2D eigenvalue weighted by molar-refractivity contribution is 0.405. The molecule has 0 aliphatic carbocycles. The molecule has 28 heavy (non-hydrogen) atoms. The predicted octanol–water partition coefficient (Wildman–Crippen LogP) is 4.61. The molecule has 0 fully saturated rings. The predicted molar refractivity (Wildman–Crippen MR) is 116 cm³/mol. The molecule has 0 saturated heterocycles. The molecule has 0 spiro atoms. The van der Waals surface area contributed by atoms with Crippen LogP contribution in [0, 0.1) is 0 Å². The van der Waals surface area contributed by atoms with Crippen molar-refractivity contribution in [3.63, 3.8) is 0 Å². The summed E-state index contributed by atoms with van der Waals surface area (Å²) in [6, 6.07) is 16.6. The molecule has 3 rings (SSSR count). The van der Waals surface area contributed by atoms with E-state index in [1.165, 1.54) is 0 Å². The summed E-state index contributed by atoms with van der Waals surface area (Å²) in [5.74, 6) is 1.20. The SMILES string of the molecule is CN(C)CCCNc1nc(Nc2cc(Cl)ccc2O)cc(-c2ccccc2)n1. The van der Waals surface area contributed by atoms with Gasteiger partial charge < -0.3 is 20.6 Å². The van der Waals surface area contributed by atoms with Gasteiger partial charge in [-0.1, -0.05) is 41.9 Å². The molecule has 0 unspecified atom stereocenters. The maximum Gasteiger partial charge on any atom is 0.225 e. The van der Waals surface area contributed by atoms with Crippen molar-refractivity contribution in [2.24, 2.45) is 0 Å². The van der Waals surface area contributed by atoms with Crippen molar-refractivity contribution >= 4 is 29.1 Å². The topological polar surface area (TPSA) is 73.3 Å². The highest BCUT2D eigenvalue weighted by Crippen LogP contribution is 2.30. The molecule has 0 saturated carbocycles. The van der Waals surface area contributed by atoms with Gasteiger partial charge in [0.2, 0.25) is 5.95 Å². The molecular weight excluding hydrogens is 374 g/mol. The zero-order valence-corrected chi connectivity index (χ0v) is 16.7. The van der Waals surface area contributed by atoms with Crippen molar-refractivity contribution in [2.75, 3.05) is 37.8 Å². The van der Waals surface area contributed by atoms with Gasteiger partial charge in [0.1, 0.15) is 11.6 Å². The molecule has 3 N–H and O–H groups in total. The van der Waals surface area contributed by atoms with Crippen LogP contribution in [0.1, 0.15) is 6.42 Å². The number of nitrogens with one attached hydrogen (secondary N) is 2. The average molecular weight is 398 g/mol. The van der Waals surface area contributed by atoms with E-state index in [0.29, 0.717) is 22.5 Å². The van der Waals surface area contributed by atoms with Gasteiger partial charge in [-0.3, -0.25) is 0 Å². The second kappa shape index (κ2) is 9.39. The van der Waals surface area contributed by atoms with Gasteiger partial charge in [0.15, 0.2) is 0 Å². The molecule has 3 aromatic rings. The summed E-state index contributed by atoms with van der Waals surface area (Å²) in [4.78, 5) is 11.3. The third-order valence-corrected chi connectivity index (χ3v) is 4.32. The lowest BCUT2D eigenvalue weighted by Gasteiger charge is -2.13. The van der Waals surface area contributed by atoms with Crippen LogP contribution >= 0.6 is 11.6 Å². The highest BCUT2D eigenvalue weighted by atomic mass is 35.5. The lowest BCUT2D eigenvalue weighted by atomic mass is 10.1. The Hall–Kier alpha value is -2.83. The number of rotatable bonds is 8. The number of benzene rings is 2. The molecule has 0 bridgehead atoms. The second-order valence-corrected chi connectivity index (χ2v) is 7.13. The lowest BCUT2D eigenvalue weighted by Crippen LogP contribution is -2.17. The van der Waals surface area contributed by atoms with E-state index in [9.17, 15) is 5.11 Å². The Morgan fingerprint density at radius 1 is 1.04 bits per heavy atom. The highest BCUT2D eigenvalue weighted by Gasteiger charge is 2.09. The Balaban J connectivity index is 1.87. The molecule has 146 valence electrons. The van der Waals surface area contributed by atoms with Gasteiger partial charge in [-0.05, 0) is 45.3 Å². The molecule has 0 aliphatic rings. The molecule has 2 aromatic carbocycles. The highest BCUT2D eigenvalue weighted by molar-refractivity contribution is 6.31. The van der Waals surface area contributed by atoms with Crippen LogP contribution in [0.15, 0.2) is 54.6 Å². The number of nitrogens with zero attached hydrogens (tertiary/aromatic N) is 3. The smallest absolute Gasteiger partial charge is 0.225 e. The maximum atomic E-state index is 10.1. The van der Waals surface area contributed by atoms with Crippen LogP contribution in [-0.4, -0.2) is 47.2 Å². The van der Waals surface area contributed by atoms with Gasteiger partial charge in [-0.2, -0.15) is 4.98 Å². The van der Waals surface area contributed by atoms with Crippen molar-refractivity contribution in [3.05, 3.63) is 59.6 Å². The van der Waals surface area contributed by atoms with Crippen LogP contribution in [0.25, 0.3) is 11.3 Å². The molecule has 0 aliphatic heterocycles. The summed E-state index contributed by atoms with van der Waals surface area (Å²) in [6.45, 7) is 1.74. The third-order valence-electron chi connectivity index (χ3n) is 4.08. The number of anilines is 3. The van der Waals surface area contributed by atoms with Crippen molar-refractivity contribution in [3.8, 4) is 17.0 Å². The van der Waals surface area contributed by atoms with Crippen LogP contribution in [0.2, 0.25) is 5.02 Å². The zero-order valence-electron chi connectivity index (χ0n) is 16.0. The van der Waals surface area contributed by atoms with E-state index in [-0.39, 0.29) is 5.75 Å². The van der Waals surface area contributed by atoms with Gasteiger partial charge in [0, 0.05) is 23.2 Å². The molecule has 1 heterocycles. The fourth-order valence-corrected chi connectivity index (χ4v) is 2.86. The Labute approximate surface area is 170 Å². The quantitative estimate of drug-likeness (QED) is 0.381. The minimum atomic E-state index is 0.102. The van der Waals surface area contributed by atoms with Crippen LogP contribution < -0.4 is 10.6 Å². The monoisotopic (exact) mass is 397 g/mol. The maximum absolute atomic E-state index is 10.1. The van der Waals surface area contributed by atoms with Crippen LogP contribution in [-0.2, 0) is 0 Å². The van der Waals surface area contributed by atoms with E-state index in [0.717, 1.165) is 30.8 Å². The summed E-state index contributed by atoms with van der Waals surface area (Å²) in [7, 11) is 4.10. The zero-order chi connectivity index (χ0) is 19.9. The van der Waals surface area contributed by atoms with Crippen LogP contribution in [0.5, 0.6) is 5.75 Å². The van der Waals surface area contributed by atoms with Gasteiger partial charge in [0.05, 0.1) is 11.4 Å². The number of phenols is 1. The number of hydrogen-bond donors (Lipinski definition) is 3. The average Bonchev–Trinajstić information content (AvgIpc) is 2.68. The molecule has 7 heteroatoms. The van der Waals surface area contributed by atoms with E-state index in [1.807, 2.05) is 50.5 Å². The van der Waals surface area contributed by atoms with E-state index in [1.54, 1.807) is 18.2 Å². The molecule has 1 aromatic heterocycles. The van der Waals surface area contributed by atoms with Crippen LogP contribution in [0.4, 0.5) is 17.5 Å². The summed E-state index contributed by atoms with van der Waals surface area (Å²) >= 11 is 6.05. The molecule has 0 atom stereocenters. The van der Waals surface area contributed by atoms with Crippen molar-refractivity contribution < 1.29 is 5.11 Å². The first kappa shape index (κ1) is 19.9. The van der Waals surface area contributed by atoms with Crippen molar-refractivity contribution in [2.45, 2.75) is 6.42 Å². The molecular formula is C21H24ClN5O. The summed E-state index contributed by atoms with van der Waals surface area (Å²) in [5.41, 5.74) is 2.26. The summed E-state index contributed by atoms with van der Waals surface area (Å²) in [6.07, 6.45) is 0.976. The van der Waals surface area contributed by atoms with E-state index in [4.69, 9.17) is 11.6 Å². The fraction of sp³-hybridized carbons (Fsp3) is 0.238. The number of aromatic nitrogens is 2. The van der Waals surface area contributed by atoms with Crippen molar-refractivity contribution in [1.29, 1.82) is 0 Å².